The van der Waals surface area contributed by atoms with E-state index in [0.717, 1.165) is 49.2 Å². The first-order valence-corrected chi connectivity index (χ1v) is 8.43. The van der Waals surface area contributed by atoms with Gasteiger partial charge in [0.25, 0.3) is 0 Å². The molecule has 2 rings (SSSR count). The zero-order valence-corrected chi connectivity index (χ0v) is 14.7. The van der Waals surface area contributed by atoms with Crippen LogP contribution in [0.1, 0.15) is 25.2 Å². The lowest BCUT2D eigenvalue weighted by Gasteiger charge is -2.19. The van der Waals surface area contributed by atoms with Crippen LogP contribution in [0.2, 0.25) is 0 Å². The number of anilines is 1. The highest BCUT2D eigenvalue weighted by atomic mass is 16.3. The average molecular weight is 329 g/mol. The third-order valence-electron chi connectivity index (χ3n) is 3.82. The van der Waals surface area contributed by atoms with Crippen LogP contribution in [0.5, 0.6) is 0 Å². The van der Waals surface area contributed by atoms with Crippen LogP contribution >= 0.6 is 0 Å². The summed E-state index contributed by atoms with van der Waals surface area (Å²) in [6.07, 6.45) is 4.43. The Hall–Kier alpha value is -2.50. The summed E-state index contributed by atoms with van der Waals surface area (Å²) in [5.41, 5.74) is 1.12. The van der Waals surface area contributed by atoms with Gasteiger partial charge in [-0.2, -0.15) is 0 Å². The zero-order chi connectivity index (χ0) is 17.2. The van der Waals surface area contributed by atoms with Crippen molar-refractivity contribution in [1.82, 2.24) is 15.6 Å². The summed E-state index contributed by atoms with van der Waals surface area (Å²) in [4.78, 5) is 11.0. The minimum Gasteiger partial charge on any atom is -0.469 e. The molecule has 0 radical (unpaired) electrons. The van der Waals surface area contributed by atoms with E-state index in [-0.39, 0.29) is 0 Å². The van der Waals surface area contributed by atoms with Gasteiger partial charge in [-0.05, 0) is 37.6 Å². The number of aliphatic imine (C=N–C) groups is 1. The van der Waals surface area contributed by atoms with E-state index in [1.165, 1.54) is 0 Å². The molecule has 0 saturated heterocycles. The van der Waals surface area contributed by atoms with Crippen molar-refractivity contribution in [2.75, 3.05) is 31.6 Å². The van der Waals surface area contributed by atoms with Crippen molar-refractivity contribution in [3.05, 3.63) is 48.0 Å². The Balaban J connectivity index is 1.78. The molecule has 0 atom stereocenters. The summed E-state index contributed by atoms with van der Waals surface area (Å²) in [6, 6.07) is 8.04. The van der Waals surface area contributed by atoms with Crippen LogP contribution in [0, 0.1) is 0 Å². The molecule has 2 aromatic heterocycles. The van der Waals surface area contributed by atoms with E-state index in [1.807, 2.05) is 18.3 Å². The molecule has 0 unspecified atom stereocenters. The number of rotatable bonds is 8. The van der Waals surface area contributed by atoms with Gasteiger partial charge in [0.05, 0.1) is 6.26 Å². The first kappa shape index (κ1) is 17.8. The van der Waals surface area contributed by atoms with Crippen LogP contribution in [0.4, 0.5) is 5.82 Å². The molecular formula is C18H27N5O. The fraction of sp³-hybridized carbons (Fsp3) is 0.444. The molecular weight excluding hydrogens is 302 g/mol. The van der Waals surface area contributed by atoms with Crippen molar-refractivity contribution in [3.8, 4) is 0 Å². The highest BCUT2D eigenvalue weighted by Gasteiger charge is 2.04. The number of furan rings is 1. The lowest BCUT2D eigenvalue weighted by molar-refractivity contribution is 0.507. The van der Waals surface area contributed by atoms with Gasteiger partial charge in [0.2, 0.25) is 0 Å². The quantitative estimate of drug-likeness (QED) is 0.575. The Morgan fingerprint density at radius 3 is 2.62 bits per heavy atom. The Morgan fingerprint density at radius 1 is 1.21 bits per heavy atom. The van der Waals surface area contributed by atoms with Gasteiger partial charge in [0.15, 0.2) is 5.96 Å². The van der Waals surface area contributed by atoms with Crippen LogP contribution in [0.15, 0.2) is 46.1 Å². The molecule has 24 heavy (non-hydrogen) atoms. The van der Waals surface area contributed by atoms with Gasteiger partial charge < -0.3 is 20.0 Å². The molecule has 0 aromatic carbocycles. The van der Waals surface area contributed by atoms with Gasteiger partial charge in [-0.3, -0.25) is 4.99 Å². The highest BCUT2D eigenvalue weighted by molar-refractivity contribution is 5.79. The largest absolute Gasteiger partial charge is 0.469 e. The van der Waals surface area contributed by atoms with E-state index in [0.29, 0.717) is 6.54 Å². The number of nitrogens with one attached hydrogen (secondary N) is 2. The van der Waals surface area contributed by atoms with E-state index in [1.54, 1.807) is 13.3 Å². The van der Waals surface area contributed by atoms with Crippen LogP contribution in [0.25, 0.3) is 0 Å². The van der Waals surface area contributed by atoms with Crippen LogP contribution in [0.3, 0.4) is 0 Å². The van der Waals surface area contributed by atoms with Crippen molar-refractivity contribution >= 4 is 11.8 Å². The average Bonchev–Trinajstić information content (AvgIpc) is 3.13. The maximum Gasteiger partial charge on any atom is 0.191 e. The Labute approximate surface area is 144 Å². The number of nitrogens with zero attached hydrogens (tertiary/aromatic N) is 3. The summed E-state index contributed by atoms with van der Waals surface area (Å²) < 4.78 is 5.31. The molecule has 0 bridgehead atoms. The highest BCUT2D eigenvalue weighted by Crippen LogP contribution is 2.10. The minimum absolute atomic E-state index is 0.686. The van der Waals surface area contributed by atoms with Gasteiger partial charge in [0.1, 0.15) is 11.6 Å². The van der Waals surface area contributed by atoms with Gasteiger partial charge in [0, 0.05) is 45.8 Å². The number of hydrogen-bond acceptors (Lipinski definition) is 4. The zero-order valence-electron chi connectivity index (χ0n) is 14.7. The summed E-state index contributed by atoms with van der Waals surface area (Å²) >= 11 is 0. The minimum atomic E-state index is 0.686. The smallest absolute Gasteiger partial charge is 0.191 e. The molecule has 0 spiro atoms. The topological polar surface area (TPSA) is 65.7 Å². The molecule has 0 aliphatic rings. The van der Waals surface area contributed by atoms with E-state index < -0.39 is 0 Å². The van der Waals surface area contributed by atoms with Gasteiger partial charge in [-0.15, -0.1) is 0 Å². The molecule has 6 nitrogen and oxygen atoms in total. The Kier molecular flexibility index (Phi) is 7.14. The van der Waals surface area contributed by atoms with Crippen molar-refractivity contribution in [2.45, 2.75) is 26.8 Å². The molecule has 0 aliphatic heterocycles. The molecule has 130 valence electrons. The summed E-state index contributed by atoms with van der Waals surface area (Å²) in [6.45, 7) is 7.66. The molecule has 0 amide bonds. The maximum absolute atomic E-state index is 5.31. The number of pyridine rings is 1. The summed E-state index contributed by atoms with van der Waals surface area (Å²) in [7, 11) is 1.77. The van der Waals surface area contributed by atoms with Crippen molar-refractivity contribution < 1.29 is 4.42 Å². The second kappa shape index (κ2) is 9.60. The molecule has 6 heteroatoms. The maximum atomic E-state index is 5.31. The Morgan fingerprint density at radius 2 is 2.04 bits per heavy atom. The van der Waals surface area contributed by atoms with Crippen LogP contribution in [-0.4, -0.2) is 37.6 Å². The lowest BCUT2D eigenvalue weighted by Crippen LogP contribution is -2.37. The SMILES string of the molecule is CCN(CC)c1ccc(CNC(=NC)NCCc2ccco2)cn1. The number of hydrogen-bond donors (Lipinski definition) is 2. The van der Waals surface area contributed by atoms with Gasteiger partial charge in [-0.1, -0.05) is 6.07 Å². The second-order valence-corrected chi connectivity index (χ2v) is 5.38. The molecule has 0 aliphatic carbocycles. The van der Waals surface area contributed by atoms with Crippen LogP contribution < -0.4 is 15.5 Å². The third kappa shape index (κ3) is 5.30. The molecule has 0 saturated carbocycles. The Bertz CT molecular complexity index is 603. The van der Waals surface area contributed by atoms with E-state index in [2.05, 4.69) is 51.5 Å². The predicted octanol–water partition coefficient (Wildman–Crippen LogP) is 2.43. The molecule has 2 N–H and O–H groups in total. The fourth-order valence-electron chi connectivity index (χ4n) is 2.42. The van der Waals surface area contributed by atoms with Crippen molar-refractivity contribution in [1.29, 1.82) is 0 Å². The molecule has 0 fully saturated rings. The van der Waals surface area contributed by atoms with Gasteiger partial charge >= 0.3 is 0 Å². The van der Waals surface area contributed by atoms with E-state index in [4.69, 9.17) is 4.42 Å². The fourth-order valence-corrected chi connectivity index (χ4v) is 2.42. The normalized spacial score (nSPS) is 11.4. The molecule has 2 aromatic rings. The van der Waals surface area contributed by atoms with E-state index >= 15 is 0 Å². The summed E-state index contributed by atoms with van der Waals surface area (Å²) in [5.74, 6) is 2.76. The lowest BCUT2D eigenvalue weighted by atomic mass is 10.2. The predicted molar refractivity (Wildman–Crippen MR) is 98.4 cm³/mol. The first-order valence-electron chi connectivity index (χ1n) is 8.43. The van der Waals surface area contributed by atoms with Crippen molar-refractivity contribution in [2.24, 2.45) is 4.99 Å². The first-order chi connectivity index (χ1) is 11.8. The van der Waals surface area contributed by atoms with Crippen LogP contribution in [-0.2, 0) is 13.0 Å². The summed E-state index contributed by atoms with van der Waals surface area (Å²) in [5, 5.41) is 6.57. The van der Waals surface area contributed by atoms with E-state index in [9.17, 15) is 0 Å². The standard InChI is InChI=1S/C18H27N5O/c1-4-23(5-2)17-9-8-15(13-21-17)14-22-18(19-3)20-11-10-16-7-6-12-24-16/h6-9,12-13H,4-5,10-11,14H2,1-3H3,(H2,19,20,22). The van der Waals surface area contributed by atoms with Crippen molar-refractivity contribution in [3.63, 3.8) is 0 Å². The number of guanidine groups is 1. The monoisotopic (exact) mass is 329 g/mol. The molecule has 2 heterocycles. The third-order valence-corrected chi connectivity index (χ3v) is 3.82. The number of aromatic nitrogens is 1. The van der Waals surface area contributed by atoms with Gasteiger partial charge in [-0.25, -0.2) is 4.98 Å². The second-order valence-electron chi connectivity index (χ2n) is 5.38.